The van der Waals surface area contributed by atoms with Crippen LogP contribution in [0.15, 0.2) is 0 Å². The molecule has 1 saturated heterocycles. The smallest absolute Gasteiger partial charge is 0.239 e. The van der Waals surface area contributed by atoms with Gasteiger partial charge < -0.3 is 10.6 Å². The Morgan fingerprint density at radius 1 is 1.75 bits per heavy atom. The van der Waals surface area contributed by atoms with Gasteiger partial charge in [0, 0.05) is 12.5 Å². The third kappa shape index (κ3) is 1.42. The van der Waals surface area contributed by atoms with Gasteiger partial charge in [-0.25, -0.2) is 0 Å². The van der Waals surface area contributed by atoms with Gasteiger partial charge in [0.2, 0.25) is 11.8 Å². The minimum absolute atomic E-state index is 0.0359. The number of hydrogen-bond acceptors (Lipinski definition) is 2. The molecule has 4 nitrogen and oxygen atoms in total. The van der Waals surface area contributed by atoms with Gasteiger partial charge in [-0.05, 0) is 20.3 Å². The molecular weight excluding hydrogens is 156 g/mol. The van der Waals surface area contributed by atoms with Crippen LogP contribution in [0.3, 0.4) is 0 Å². The highest BCUT2D eigenvalue weighted by atomic mass is 16.2. The predicted octanol–water partition coefficient (Wildman–Crippen LogP) is -0.129. The highest BCUT2D eigenvalue weighted by Crippen LogP contribution is 2.20. The monoisotopic (exact) mass is 170 g/mol. The minimum atomic E-state index is -0.463. The number of primary amides is 1. The van der Waals surface area contributed by atoms with Crippen LogP contribution in [-0.2, 0) is 9.59 Å². The highest BCUT2D eigenvalue weighted by Gasteiger charge is 2.33. The fourth-order valence-electron chi connectivity index (χ4n) is 1.58. The first-order chi connectivity index (χ1) is 5.54. The van der Waals surface area contributed by atoms with Gasteiger partial charge in [-0.3, -0.25) is 9.59 Å². The molecule has 0 radical (unpaired) electrons. The van der Waals surface area contributed by atoms with Gasteiger partial charge in [0.05, 0.1) is 0 Å². The van der Waals surface area contributed by atoms with Gasteiger partial charge in [-0.2, -0.15) is 0 Å². The molecule has 0 aromatic heterocycles. The molecule has 0 spiro atoms. The molecule has 1 aliphatic rings. The van der Waals surface area contributed by atoms with Crippen molar-refractivity contribution in [1.29, 1.82) is 0 Å². The zero-order chi connectivity index (χ0) is 9.30. The lowest BCUT2D eigenvalue weighted by Gasteiger charge is -2.26. The predicted molar refractivity (Wildman–Crippen MR) is 44.2 cm³/mol. The number of carbonyl (C=O) groups is 2. The van der Waals surface area contributed by atoms with Crippen LogP contribution in [0.4, 0.5) is 0 Å². The molecule has 1 rings (SSSR count). The van der Waals surface area contributed by atoms with Gasteiger partial charge in [-0.1, -0.05) is 0 Å². The van der Waals surface area contributed by atoms with E-state index in [2.05, 4.69) is 0 Å². The Morgan fingerprint density at radius 3 is 2.67 bits per heavy atom. The van der Waals surface area contributed by atoms with Crippen LogP contribution in [0.5, 0.6) is 0 Å². The van der Waals surface area contributed by atoms with Crippen molar-refractivity contribution >= 4 is 11.8 Å². The van der Waals surface area contributed by atoms with E-state index in [-0.39, 0.29) is 11.9 Å². The van der Waals surface area contributed by atoms with Crippen LogP contribution in [-0.4, -0.2) is 28.8 Å². The summed E-state index contributed by atoms with van der Waals surface area (Å²) >= 11 is 0. The van der Waals surface area contributed by atoms with E-state index in [1.807, 2.05) is 6.92 Å². The molecule has 0 aromatic rings. The summed E-state index contributed by atoms with van der Waals surface area (Å²) in [6.45, 7) is 3.60. The molecule has 68 valence electrons. The van der Waals surface area contributed by atoms with E-state index in [1.54, 1.807) is 11.8 Å². The summed E-state index contributed by atoms with van der Waals surface area (Å²) in [7, 11) is 0. The van der Waals surface area contributed by atoms with Crippen molar-refractivity contribution in [3.05, 3.63) is 0 Å². The molecular formula is C8H14N2O2. The molecule has 0 bridgehead atoms. The third-order valence-corrected chi connectivity index (χ3v) is 2.37. The van der Waals surface area contributed by atoms with Gasteiger partial charge in [-0.15, -0.1) is 0 Å². The molecule has 1 fully saturated rings. The summed E-state index contributed by atoms with van der Waals surface area (Å²) in [6.07, 6.45) is 1.37. The molecule has 2 amide bonds. The molecule has 2 atom stereocenters. The Hall–Kier alpha value is -1.06. The van der Waals surface area contributed by atoms with Crippen molar-refractivity contribution in [3.63, 3.8) is 0 Å². The second kappa shape index (κ2) is 3.13. The fraction of sp³-hybridized carbons (Fsp3) is 0.750. The second-order valence-corrected chi connectivity index (χ2v) is 3.27. The van der Waals surface area contributed by atoms with Crippen LogP contribution in [0.1, 0.15) is 26.7 Å². The number of nitrogens with zero attached hydrogens (tertiary/aromatic N) is 1. The maximum Gasteiger partial charge on any atom is 0.239 e. The van der Waals surface area contributed by atoms with E-state index in [4.69, 9.17) is 5.73 Å². The number of carbonyl (C=O) groups excluding carboxylic acids is 2. The Labute approximate surface area is 71.7 Å². The fourth-order valence-corrected chi connectivity index (χ4v) is 1.58. The summed E-state index contributed by atoms with van der Waals surface area (Å²) in [6, 6.07) is -0.310. The number of hydrogen-bond donors (Lipinski definition) is 1. The third-order valence-electron chi connectivity index (χ3n) is 2.37. The van der Waals surface area contributed by atoms with Crippen molar-refractivity contribution in [2.75, 3.05) is 0 Å². The highest BCUT2D eigenvalue weighted by molar-refractivity contribution is 5.87. The lowest BCUT2D eigenvalue weighted by atomic mass is 10.2. The summed E-state index contributed by atoms with van der Waals surface area (Å²) in [4.78, 5) is 23.6. The van der Waals surface area contributed by atoms with Crippen molar-refractivity contribution < 1.29 is 9.59 Å². The van der Waals surface area contributed by atoms with E-state index in [9.17, 15) is 9.59 Å². The number of amides is 2. The molecule has 2 N–H and O–H groups in total. The van der Waals surface area contributed by atoms with Crippen molar-refractivity contribution in [2.45, 2.75) is 38.8 Å². The maximum absolute atomic E-state index is 11.2. The Bertz CT molecular complexity index is 215. The Balaban J connectivity index is 2.72. The SMILES string of the molecule is C[C@H](C(N)=O)N1C(=O)CC[C@@H]1C. The Morgan fingerprint density at radius 2 is 2.33 bits per heavy atom. The van der Waals surface area contributed by atoms with Gasteiger partial charge in [0.15, 0.2) is 0 Å². The number of likely N-dealkylation sites (tertiary alicyclic amines) is 1. The largest absolute Gasteiger partial charge is 0.368 e. The lowest BCUT2D eigenvalue weighted by Crippen LogP contribution is -2.46. The van der Waals surface area contributed by atoms with E-state index in [0.29, 0.717) is 6.42 Å². The van der Waals surface area contributed by atoms with Crippen molar-refractivity contribution in [3.8, 4) is 0 Å². The summed E-state index contributed by atoms with van der Waals surface area (Å²) in [5.41, 5.74) is 5.11. The number of nitrogens with two attached hydrogens (primary N) is 1. The molecule has 4 heteroatoms. The first-order valence-corrected chi connectivity index (χ1v) is 4.14. The van der Waals surface area contributed by atoms with E-state index >= 15 is 0 Å². The van der Waals surface area contributed by atoms with Crippen molar-refractivity contribution in [1.82, 2.24) is 4.90 Å². The quantitative estimate of drug-likeness (QED) is 0.627. The average Bonchev–Trinajstić information content (AvgIpc) is 2.30. The van der Waals surface area contributed by atoms with Gasteiger partial charge >= 0.3 is 0 Å². The second-order valence-electron chi connectivity index (χ2n) is 3.27. The first-order valence-electron chi connectivity index (χ1n) is 4.14. The normalized spacial score (nSPS) is 26.0. The Kier molecular flexibility index (Phi) is 2.35. The number of rotatable bonds is 2. The molecule has 0 saturated carbocycles. The zero-order valence-electron chi connectivity index (χ0n) is 7.41. The van der Waals surface area contributed by atoms with E-state index in [1.165, 1.54) is 0 Å². The molecule has 1 heterocycles. The topological polar surface area (TPSA) is 63.4 Å². The minimum Gasteiger partial charge on any atom is -0.368 e. The van der Waals surface area contributed by atoms with E-state index in [0.717, 1.165) is 6.42 Å². The van der Waals surface area contributed by atoms with Crippen molar-refractivity contribution in [2.24, 2.45) is 5.73 Å². The van der Waals surface area contributed by atoms with Gasteiger partial charge in [0.25, 0.3) is 0 Å². The van der Waals surface area contributed by atoms with Crippen LogP contribution < -0.4 is 5.73 Å². The summed E-state index contributed by atoms with van der Waals surface area (Å²) < 4.78 is 0. The van der Waals surface area contributed by atoms with Crippen LogP contribution in [0.2, 0.25) is 0 Å². The standard InChI is InChI=1S/C8H14N2O2/c1-5-3-4-7(11)10(5)6(2)8(9)12/h5-6H,3-4H2,1-2H3,(H2,9,12)/t5-,6+/m0/s1. The molecule has 1 aliphatic heterocycles. The van der Waals surface area contributed by atoms with Crippen LogP contribution in [0, 0.1) is 0 Å². The average molecular weight is 170 g/mol. The molecule has 0 aromatic carbocycles. The summed E-state index contributed by atoms with van der Waals surface area (Å²) in [5, 5.41) is 0. The summed E-state index contributed by atoms with van der Waals surface area (Å²) in [5.74, 6) is -0.397. The van der Waals surface area contributed by atoms with E-state index < -0.39 is 11.9 Å². The molecule has 0 unspecified atom stereocenters. The van der Waals surface area contributed by atoms with Gasteiger partial charge in [0.1, 0.15) is 6.04 Å². The maximum atomic E-state index is 11.2. The molecule has 12 heavy (non-hydrogen) atoms. The van der Waals surface area contributed by atoms with Crippen LogP contribution >= 0.6 is 0 Å². The van der Waals surface area contributed by atoms with Crippen LogP contribution in [0.25, 0.3) is 0 Å². The lowest BCUT2D eigenvalue weighted by molar-refractivity contribution is -0.136. The zero-order valence-corrected chi connectivity index (χ0v) is 7.41. The molecule has 0 aliphatic carbocycles. The first kappa shape index (κ1) is 9.03.